The Morgan fingerprint density at radius 1 is 1.22 bits per heavy atom. The van der Waals surface area contributed by atoms with E-state index in [0.717, 1.165) is 30.6 Å². The smallest absolute Gasteiger partial charge is 0.243 e. The summed E-state index contributed by atoms with van der Waals surface area (Å²) in [5.74, 6) is -0.0313. The Morgan fingerprint density at radius 2 is 1.96 bits per heavy atom. The molecule has 1 N–H and O–H groups in total. The molecule has 0 spiro atoms. The standard InChI is InChI=1S/C19H29N3O4S/c1-15-5-6-18(16(2)12-15)27(24,25)22-9-7-21(8-10-22)14-19(23)20-13-17-4-3-11-26-17/h5-6,12,17H,3-4,7-11,13-14H2,1-2H3,(H,20,23)/t17-/m1/s1. The first kappa shape index (κ1) is 20.3. The van der Waals surface area contributed by atoms with Gasteiger partial charge in [-0.25, -0.2) is 8.42 Å². The second-order valence-corrected chi connectivity index (χ2v) is 9.29. The first-order chi connectivity index (χ1) is 12.9. The van der Waals surface area contributed by atoms with Crippen LogP contribution in [0.3, 0.4) is 0 Å². The fourth-order valence-corrected chi connectivity index (χ4v) is 5.28. The van der Waals surface area contributed by atoms with Gasteiger partial charge in [-0.15, -0.1) is 0 Å². The van der Waals surface area contributed by atoms with Crippen molar-refractivity contribution in [1.82, 2.24) is 14.5 Å². The first-order valence-electron chi connectivity index (χ1n) is 9.54. The summed E-state index contributed by atoms with van der Waals surface area (Å²) in [6.07, 6.45) is 2.18. The number of amides is 1. The van der Waals surface area contributed by atoms with Crippen molar-refractivity contribution in [2.45, 2.75) is 37.7 Å². The number of aryl methyl sites for hydroxylation is 2. The number of sulfonamides is 1. The van der Waals surface area contributed by atoms with Gasteiger partial charge in [-0.3, -0.25) is 9.69 Å². The van der Waals surface area contributed by atoms with Crippen molar-refractivity contribution in [3.05, 3.63) is 29.3 Å². The summed E-state index contributed by atoms with van der Waals surface area (Å²) in [5, 5.41) is 2.91. The normalized spacial score (nSPS) is 22.1. The number of rotatable bonds is 6. The molecule has 2 fully saturated rings. The minimum atomic E-state index is -3.49. The predicted octanol–water partition coefficient (Wildman–Crippen LogP) is 0.905. The Hall–Kier alpha value is -1.48. The van der Waals surface area contributed by atoms with Crippen LogP contribution in [0.15, 0.2) is 23.1 Å². The molecule has 8 heteroatoms. The molecule has 1 aromatic carbocycles. The van der Waals surface area contributed by atoms with E-state index in [2.05, 4.69) is 5.32 Å². The SMILES string of the molecule is Cc1ccc(S(=O)(=O)N2CCN(CC(=O)NC[C@H]3CCCO3)CC2)c(C)c1. The Balaban J connectivity index is 1.49. The topological polar surface area (TPSA) is 79.0 Å². The maximum atomic E-state index is 12.9. The number of hydrogen-bond donors (Lipinski definition) is 1. The van der Waals surface area contributed by atoms with Crippen molar-refractivity contribution in [2.75, 3.05) is 45.9 Å². The summed E-state index contributed by atoms with van der Waals surface area (Å²) in [5.41, 5.74) is 1.82. The van der Waals surface area contributed by atoms with E-state index in [1.165, 1.54) is 4.31 Å². The summed E-state index contributed by atoms with van der Waals surface area (Å²) < 4.78 is 32.8. The van der Waals surface area contributed by atoms with Gasteiger partial charge in [0.15, 0.2) is 0 Å². The maximum Gasteiger partial charge on any atom is 0.243 e. The number of ether oxygens (including phenoxy) is 1. The van der Waals surface area contributed by atoms with Gasteiger partial charge in [0, 0.05) is 39.3 Å². The summed E-state index contributed by atoms with van der Waals surface area (Å²) in [4.78, 5) is 14.5. The van der Waals surface area contributed by atoms with Crippen molar-refractivity contribution in [1.29, 1.82) is 0 Å². The Morgan fingerprint density at radius 3 is 2.59 bits per heavy atom. The van der Waals surface area contributed by atoms with Crippen molar-refractivity contribution in [2.24, 2.45) is 0 Å². The van der Waals surface area contributed by atoms with Gasteiger partial charge in [-0.2, -0.15) is 4.31 Å². The molecular formula is C19H29N3O4S. The van der Waals surface area contributed by atoms with Gasteiger partial charge in [0.25, 0.3) is 0 Å². The van der Waals surface area contributed by atoms with Crippen LogP contribution in [-0.4, -0.2) is 75.5 Å². The molecule has 0 bridgehead atoms. The third-order valence-electron chi connectivity index (χ3n) is 5.20. The van der Waals surface area contributed by atoms with Crippen LogP contribution in [-0.2, 0) is 19.6 Å². The lowest BCUT2D eigenvalue weighted by Gasteiger charge is -2.33. The quantitative estimate of drug-likeness (QED) is 0.774. The lowest BCUT2D eigenvalue weighted by atomic mass is 10.2. The van der Waals surface area contributed by atoms with Crippen LogP contribution in [0, 0.1) is 13.8 Å². The Labute approximate surface area is 161 Å². The predicted molar refractivity (Wildman–Crippen MR) is 103 cm³/mol. The monoisotopic (exact) mass is 395 g/mol. The molecule has 0 saturated carbocycles. The van der Waals surface area contributed by atoms with Gasteiger partial charge in [0.1, 0.15) is 0 Å². The Kier molecular flexibility index (Phi) is 6.52. The van der Waals surface area contributed by atoms with Gasteiger partial charge in [-0.05, 0) is 38.3 Å². The average molecular weight is 396 g/mol. The molecule has 1 amide bonds. The lowest BCUT2D eigenvalue weighted by molar-refractivity contribution is -0.123. The molecular weight excluding hydrogens is 366 g/mol. The van der Waals surface area contributed by atoms with Gasteiger partial charge in [0.2, 0.25) is 15.9 Å². The van der Waals surface area contributed by atoms with Crippen LogP contribution in [0.4, 0.5) is 0 Å². The molecule has 0 radical (unpaired) electrons. The van der Waals surface area contributed by atoms with Crippen LogP contribution in [0.25, 0.3) is 0 Å². The molecule has 2 heterocycles. The highest BCUT2D eigenvalue weighted by molar-refractivity contribution is 7.89. The molecule has 0 aromatic heterocycles. The zero-order chi connectivity index (χ0) is 19.4. The van der Waals surface area contributed by atoms with Crippen molar-refractivity contribution >= 4 is 15.9 Å². The van der Waals surface area contributed by atoms with Gasteiger partial charge in [0.05, 0.1) is 17.5 Å². The van der Waals surface area contributed by atoms with E-state index < -0.39 is 10.0 Å². The fraction of sp³-hybridized carbons (Fsp3) is 0.632. The van der Waals surface area contributed by atoms with E-state index in [1.807, 2.05) is 30.9 Å². The number of nitrogens with zero attached hydrogens (tertiary/aromatic N) is 2. The van der Waals surface area contributed by atoms with Crippen LogP contribution in [0.5, 0.6) is 0 Å². The highest BCUT2D eigenvalue weighted by Gasteiger charge is 2.30. The highest BCUT2D eigenvalue weighted by Crippen LogP contribution is 2.22. The summed E-state index contributed by atoms with van der Waals surface area (Å²) in [6.45, 7) is 7.31. The third kappa shape index (κ3) is 5.07. The van der Waals surface area contributed by atoms with Crippen LogP contribution in [0.2, 0.25) is 0 Å². The third-order valence-corrected chi connectivity index (χ3v) is 7.26. The highest BCUT2D eigenvalue weighted by atomic mass is 32.2. The zero-order valence-electron chi connectivity index (χ0n) is 16.1. The molecule has 1 aromatic rings. The minimum absolute atomic E-state index is 0.0313. The number of carbonyl (C=O) groups is 1. The summed E-state index contributed by atoms with van der Waals surface area (Å²) >= 11 is 0. The molecule has 1 atom stereocenters. The molecule has 2 saturated heterocycles. The number of carbonyl (C=O) groups excluding carboxylic acids is 1. The zero-order valence-corrected chi connectivity index (χ0v) is 16.9. The number of nitrogens with one attached hydrogen (secondary N) is 1. The van der Waals surface area contributed by atoms with E-state index in [4.69, 9.17) is 4.74 Å². The minimum Gasteiger partial charge on any atom is -0.376 e. The van der Waals surface area contributed by atoms with Gasteiger partial charge < -0.3 is 10.1 Å². The van der Waals surface area contributed by atoms with E-state index in [0.29, 0.717) is 44.2 Å². The molecule has 7 nitrogen and oxygen atoms in total. The van der Waals surface area contributed by atoms with Crippen molar-refractivity contribution in [3.63, 3.8) is 0 Å². The fourth-order valence-electron chi connectivity index (χ4n) is 3.65. The number of piperazine rings is 1. The molecule has 27 heavy (non-hydrogen) atoms. The van der Waals surface area contributed by atoms with Gasteiger partial charge in [-0.1, -0.05) is 17.7 Å². The molecule has 2 aliphatic rings. The van der Waals surface area contributed by atoms with E-state index >= 15 is 0 Å². The summed E-state index contributed by atoms with van der Waals surface area (Å²) in [7, 11) is -3.49. The lowest BCUT2D eigenvalue weighted by Crippen LogP contribution is -2.51. The van der Waals surface area contributed by atoms with Crippen molar-refractivity contribution in [3.8, 4) is 0 Å². The molecule has 3 rings (SSSR count). The average Bonchev–Trinajstić information content (AvgIpc) is 3.14. The van der Waals surface area contributed by atoms with Crippen molar-refractivity contribution < 1.29 is 17.9 Å². The number of hydrogen-bond acceptors (Lipinski definition) is 5. The van der Waals surface area contributed by atoms with Crippen LogP contribution >= 0.6 is 0 Å². The molecule has 2 aliphatic heterocycles. The summed E-state index contributed by atoms with van der Waals surface area (Å²) in [6, 6.07) is 5.40. The van der Waals surface area contributed by atoms with E-state index in [1.54, 1.807) is 6.07 Å². The Bertz CT molecular complexity index is 767. The molecule has 0 aliphatic carbocycles. The van der Waals surface area contributed by atoms with Crippen LogP contribution < -0.4 is 5.32 Å². The second kappa shape index (κ2) is 8.68. The maximum absolute atomic E-state index is 12.9. The number of benzene rings is 1. The van der Waals surface area contributed by atoms with E-state index in [-0.39, 0.29) is 12.0 Å². The second-order valence-electron chi connectivity index (χ2n) is 7.39. The first-order valence-corrected chi connectivity index (χ1v) is 11.0. The molecule has 150 valence electrons. The van der Waals surface area contributed by atoms with Gasteiger partial charge >= 0.3 is 0 Å². The van der Waals surface area contributed by atoms with Crippen LogP contribution in [0.1, 0.15) is 24.0 Å². The molecule has 0 unspecified atom stereocenters. The largest absolute Gasteiger partial charge is 0.376 e. The van der Waals surface area contributed by atoms with E-state index in [9.17, 15) is 13.2 Å².